The minimum Gasteiger partial charge on any atom is -0.295 e. The Morgan fingerprint density at radius 3 is 2.56 bits per heavy atom. The minimum absolute atomic E-state index is 0.696. The molecular formula is C14H18ClN3. The van der Waals surface area contributed by atoms with Gasteiger partial charge in [-0.3, -0.25) is 14.8 Å². The molecule has 0 bridgehead atoms. The Kier molecular flexibility index (Phi) is 5.00. The van der Waals surface area contributed by atoms with Crippen molar-refractivity contribution in [2.24, 2.45) is 0 Å². The summed E-state index contributed by atoms with van der Waals surface area (Å²) in [6, 6.07) is 3.90. The molecule has 0 N–H and O–H groups in total. The Bertz CT molecular complexity index is 425. The number of halogens is 1. The van der Waals surface area contributed by atoms with Gasteiger partial charge in [0.25, 0.3) is 0 Å². The summed E-state index contributed by atoms with van der Waals surface area (Å²) in [6.45, 7) is 8.02. The molecule has 0 aromatic carbocycles. The van der Waals surface area contributed by atoms with Crippen molar-refractivity contribution in [1.29, 1.82) is 0 Å². The average molecular weight is 264 g/mol. The Labute approximate surface area is 114 Å². The van der Waals surface area contributed by atoms with Crippen LogP contribution in [0.5, 0.6) is 0 Å². The molecule has 3 nitrogen and oxygen atoms in total. The van der Waals surface area contributed by atoms with Gasteiger partial charge < -0.3 is 0 Å². The SMILES string of the molecule is CC#CCN1CCN(Cc2ccc(Cl)cn2)CC1. The molecule has 1 aliphatic rings. The van der Waals surface area contributed by atoms with E-state index in [0.29, 0.717) is 5.02 Å². The summed E-state index contributed by atoms with van der Waals surface area (Å²) in [5.41, 5.74) is 1.08. The molecule has 0 saturated carbocycles. The van der Waals surface area contributed by atoms with E-state index in [1.165, 1.54) is 0 Å². The van der Waals surface area contributed by atoms with Crippen LogP contribution in [0.15, 0.2) is 18.3 Å². The second-order valence-electron chi connectivity index (χ2n) is 4.45. The Morgan fingerprint density at radius 1 is 1.22 bits per heavy atom. The van der Waals surface area contributed by atoms with E-state index in [1.807, 2.05) is 19.1 Å². The number of rotatable bonds is 3. The zero-order valence-electron chi connectivity index (χ0n) is 10.7. The third-order valence-electron chi connectivity index (χ3n) is 3.12. The van der Waals surface area contributed by atoms with E-state index < -0.39 is 0 Å². The fraction of sp³-hybridized carbons (Fsp3) is 0.500. The predicted octanol–water partition coefficient (Wildman–Crippen LogP) is 1.88. The number of pyridine rings is 1. The molecule has 2 rings (SSSR count). The van der Waals surface area contributed by atoms with Crippen molar-refractivity contribution in [2.45, 2.75) is 13.5 Å². The molecule has 0 atom stereocenters. The molecule has 1 aromatic heterocycles. The molecule has 96 valence electrons. The Hall–Kier alpha value is -1.08. The highest BCUT2D eigenvalue weighted by Crippen LogP contribution is 2.10. The molecule has 4 heteroatoms. The quantitative estimate of drug-likeness (QED) is 0.777. The van der Waals surface area contributed by atoms with Crippen LogP contribution < -0.4 is 0 Å². The van der Waals surface area contributed by atoms with Crippen LogP contribution in [-0.4, -0.2) is 47.5 Å². The molecule has 0 unspecified atom stereocenters. The topological polar surface area (TPSA) is 19.4 Å². The average Bonchev–Trinajstić information content (AvgIpc) is 2.41. The zero-order chi connectivity index (χ0) is 12.8. The first-order valence-corrected chi connectivity index (χ1v) is 6.60. The summed E-state index contributed by atoms with van der Waals surface area (Å²) in [7, 11) is 0. The summed E-state index contributed by atoms with van der Waals surface area (Å²) in [4.78, 5) is 9.15. The lowest BCUT2D eigenvalue weighted by atomic mass is 10.2. The van der Waals surface area contributed by atoms with Crippen LogP contribution in [0, 0.1) is 11.8 Å². The molecule has 0 aliphatic carbocycles. The van der Waals surface area contributed by atoms with Gasteiger partial charge in [-0.15, -0.1) is 5.92 Å². The van der Waals surface area contributed by atoms with E-state index >= 15 is 0 Å². The maximum atomic E-state index is 5.83. The highest BCUT2D eigenvalue weighted by molar-refractivity contribution is 6.30. The Morgan fingerprint density at radius 2 is 1.94 bits per heavy atom. The summed E-state index contributed by atoms with van der Waals surface area (Å²) < 4.78 is 0. The molecule has 0 radical (unpaired) electrons. The summed E-state index contributed by atoms with van der Waals surface area (Å²) in [5, 5.41) is 0.696. The van der Waals surface area contributed by atoms with Crippen LogP contribution in [0.25, 0.3) is 0 Å². The molecule has 2 heterocycles. The van der Waals surface area contributed by atoms with Crippen molar-refractivity contribution in [1.82, 2.24) is 14.8 Å². The third kappa shape index (κ3) is 3.99. The van der Waals surface area contributed by atoms with Gasteiger partial charge in [0.2, 0.25) is 0 Å². The van der Waals surface area contributed by atoms with E-state index in [0.717, 1.165) is 45.0 Å². The second kappa shape index (κ2) is 6.75. The lowest BCUT2D eigenvalue weighted by Crippen LogP contribution is -2.45. The molecule has 1 saturated heterocycles. The van der Waals surface area contributed by atoms with Crippen molar-refractivity contribution in [3.05, 3.63) is 29.0 Å². The highest BCUT2D eigenvalue weighted by Gasteiger charge is 2.16. The van der Waals surface area contributed by atoms with Gasteiger partial charge in [0.05, 0.1) is 17.3 Å². The van der Waals surface area contributed by atoms with Gasteiger partial charge in [-0.05, 0) is 19.1 Å². The van der Waals surface area contributed by atoms with Gasteiger partial charge >= 0.3 is 0 Å². The smallest absolute Gasteiger partial charge is 0.0602 e. The number of piperazine rings is 1. The molecule has 1 aromatic rings. The van der Waals surface area contributed by atoms with Crippen molar-refractivity contribution in [3.8, 4) is 11.8 Å². The largest absolute Gasteiger partial charge is 0.295 e. The Balaban J connectivity index is 1.79. The summed E-state index contributed by atoms with van der Waals surface area (Å²) in [5.74, 6) is 6.06. The minimum atomic E-state index is 0.696. The maximum absolute atomic E-state index is 5.83. The number of hydrogen-bond acceptors (Lipinski definition) is 3. The zero-order valence-corrected chi connectivity index (χ0v) is 11.5. The van der Waals surface area contributed by atoms with Crippen LogP contribution in [0.1, 0.15) is 12.6 Å². The first-order valence-electron chi connectivity index (χ1n) is 6.22. The fourth-order valence-electron chi connectivity index (χ4n) is 2.03. The number of aromatic nitrogens is 1. The van der Waals surface area contributed by atoms with Gasteiger partial charge in [-0.1, -0.05) is 17.5 Å². The molecule has 1 aliphatic heterocycles. The van der Waals surface area contributed by atoms with Crippen molar-refractivity contribution >= 4 is 11.6 Å². The van der Waals surface area contributed by atoms with E-state index in [9.17, 15) is 0 Å². The molecule has 0 spiro atoms. The van der Waals surface area contributed by atoms with Gasteiger partial charge in [0, 0.05) is 38.9 Å². The van der Waals surface area contributed by atoms with Crippen LogP contribution >= 0.6 is 11.6 Å². The lowest BCUT2D eigenvalue weighted by molar-refractivity contribution is 0.137. The van der Waals surface area contributed by atoms with Gasteiger partial charge in [0.1, 0.15) is 0 Å². The molecule has 18 heavy (non-hydrogen) atoms. The summed E-state index contributed by atoms with van der Waals surface area (Å²) >= 11 is 5.83. The van der Waals surface area contributed by atoms with Gasteiger partial charge in [0.15, 0.2) is 0 Å². The van der Waals surface area contributed by atoms with Gasteiger partial charge in [-0.25, -0.2) is 0 Å². The van der Waals surface area contributed by atoms with Crippen LogP contribution in [0.3, 0.4) is 0 Å². The van der Waals surface area contributed by atoms with Crippen LogP contribution in [0.2, 0.25) is 5.02 Å². The first kappa shape index (κ1) is 13.4. The normalized spacial score (nSPS) is 17.2. The predicted molar refractivity (Wildman–Crippen MR) is 74.4 cm³/mol. The van der Waals surface area contributed by atoms with E-state index in [2.05, 4.69) is 26.6 Å². The second-order valence-corrected chi connectivity index (χ2v) is 4.88. The highest BCUT2D eigenvalue weighted by atomic mass is 35.5. The monoisotopic (exact) mass is 263 g/mol. The van der Waals surface area contributed by atoms with Crippen molar-refractivity contribution in [3.63, 3.8) is 0 Å². The molecule has 1 fully saturated rings. The fourth-order valence-corrected chi connectivity index (χ4v) is 2.14. The van der Waals surface area contributed by atoms with E-state index in [4.69, 9.17) is 11.6 Å². The van der Waals surface area contributed by atoms with Crippen molar-refractivity contribution in [2.75, 3.05) is 32.7 Å². The van der Waals surface area contributed by atoms with Crippen LogP contribution in [-0.2, 0) is 6.54 Å². The first-order chi connectivity index (χ1) is 8.78. The number of hydrogen-bond donors (Lipinski definition) is 0. The third-order valence-corrected chi connectivity index (χ3v) is 3.34. The van der Waals surface area contributed by atoms with E-state index in [1.54, 1.807) is 6.20 Å². The van der Waals surface area contributed by atoms with Crippen LogP contribution in [0.4, 0.5) is 0 Å². The van der Waals surface area contributed by atoms with E-state index in [-0.39, 0.29) is 0 Å². The van der Waals surface area contributed by atoms with Crippen molar-refractivity contribution < 1.29 is 0 Å². The summed E-state index contributed by atoms with van der Waals surface area (Å²) in [6.07, 6.45) is 1.71. The number of nitrogens with zero attached hydrogens (tertiary/aromatic N) is 3. The molecule has 0 amide bonds. The standard InChI is InChI=1S/C14H18ClN3/c1-2-3-6-17-7-9-18(10-8-17)12-14-5-4-13(15)11-16-14/h4-5,11H,6-10,12H2,1H3. The maximum Gasteiger partial charge on any atom is 0.0602 e. The lowest BCUT2D eigenvalue weighted by Gasteiger charge is -2.33. The molecular weight excluding hydrogens is 246 g/mol. The van der Waals surface area contributed by atoms with Gasteiger partial charge in [-0.2, -0.15) is 0 Å².